The molecule has 2 saturated heterocycles. The molecule has 1 aromatic rings. The number of nitrogens with zero attached hydrogens (tertiary/aromatic N) is 2. The Balaban J connectivity index is 1.32. The van der Waals surface area contributed by atoms with E-state index in [4.69, 9.17) is 14.2 Å². The number of hydrogen-bond donors (Lipinski definition) is 0. The zero-order chi connectivity index (χ0) is 17.2. The quantitative estimate of drug-likeness (QED) is 0.788. The molecule has 2 fully saturated rings. The molecule has 0 unspecified atom stereocenters. The van der Waals surface area contributed by atoms with Gasteiger partial charge in [0.2, 0.25) is 6.10 Å². The zero-order valence-corrected chi connectivity index (χ0v) is 14.1. The summed E-state index contributed by atoms with van der Waals surface area (Å²) in [6.45, 7) is 2.97. The van der Waals surface area contributed by atoms with E-state index in [-0.39, 0.29) is 24.5 Å². The highest BCUT2D eigenvalue weighted by atomic mass is 16.6. The normalized spacial score (nSPS) is 25.8. The molecule has 7 nitrogen and oxygen atoms in total. The van der Waals surface area contributed by atoms with Crippen molar-refractivity contribution in [3.63, 3.8) is 0 Å². The molecule has 0 aliphatic carbocycles. The van der Waals surface area contributed by atoms with Crippen molar-refractivity contribution in [2.75, 3.05) is 39.4 Å². The number of fused-ring (bicyclic) bond motifs is 1. The van der Waals surface area contributed by atoms with Crippen LogP contribution >= 0.6 is 0 Å². The van der Waals surface area contributed by atoms with Gasteiger partial charge in [0.05, 0.1) is 0 Å². The minimum Gasteiger partial charge on any atom is -0.485 e. The summed E-state index contributed by atoms with van der Waals surface area (Å²) in [6.07, 6.45) is 0.809. The molecule has 3 aliphatic heterocycles. The van der Waals surface area contributed by atoms with E-state index in [1.807, 2.05) is 18.2 Å². The molecule has 3 heterocycles. The van der Waals surface area contributed by atoms with E-state index in [0.29, 0.717) is 44.3 Å². The fourth-order valence-corrected chi connectivity index (χ4v) is 3.47. The van der Waals surface area contributed by atoms with Gasteiger partial charge in [-0.2, -0.15) is 0 Å². The van der Waals surface area contributed by atoms with Crippen LogP contribution in [-0.4, -0.2) is 73.2 Å². The second-order valence-electron chi connectivity index (χ2n) is 6.52. The van der Waals surface area contributed by atoms with Crippen LogP contribution in [0.15, 0.2) is 24.3 Å². The van der Waals surface area contributed by atoms with E-state index in [2.05, 4.69) is 0 Å². The van der Waals surface area contributed by atoms with Gasteiger partial charge in [0, 0.05) is 32.8 Å². The summed E-state index contributed by atoms with van der Waals surface area (Å²) in [5.41, 5.74) is 0. The summed E-state index contributed by atoms with van der Waals surface area (Å²) in [7, 11) is 0. The maximum atomic E-state index is 12.7. The van der Waals surface area contributed by atoms with Crippen molar-refractivity contribution in [1.82, 2.24) is 9.80 Å². The van der Waals surface area contributed by atoms with E-state index in [1.54, 1.807) is 15.9 Å². The van der Waals surface area contributed by atoms with Gasteiger partial charge in [-0.1, -0.05) is 12.1 Å². The Labute approximate surface area is 146 Å². The van der Waals surface area contributed by atoms with Gasteiger partial charge in [-0.3, -0.25) is 9.59 Å². The third kappa shape index (κ3) is 3.28. The van der Waals surface area contributed by atoms with Gasteiger partial charge in [0.1, 0.15) is 12.7 Å². The van der Waals surface area contributed by atoms with Crippen LogP contribution in [0.5, 0.6) is 11.5 Å². The second-order valence-corrected chi connectivity index (χ2v) is 6.52. The van der Waals surface area contributed by atoms with Gasteiger partial charge in [0.25, 0.3) is 11.8 Å². The Morgan fingerprint density at radius 2 is 1.56 bits per heavy atom. The molecule has 2 atom stereocenters. The molecule has 0 spiro atoms. The van der Waals surface area contributed by atoms with Crippen LogP contribution in [0.4, 0.5) is 0 Å². The minimum atomic E-state index is -0.629. The van der Waals surface area contributed by atoms with Crippen LogP contribution in [-0.2, 0) is 14.3 Å². The van der Waals surface area contributed by atoms with E-state index in [0.717, 1.165) is 12.8 Å². The highest BCUT2D eigenvalue weighted by Gasteiger charge is 2.35. The van der Waals surface area contributed by atoms with E-state index < -0.39 is 6.10 Å². The molecule has 0 N–H and O–H groups in total. The van der Waals surface area contributed by atoms with Crippen molar-refractivity contribution in [3.05, 3.63) is 24.3 Å². The number of hydrogen-bond acceptors (Lipinski definition) is 5. The van der Waals surface area contributed by atoms with Crippen molar-refractivity contribution in [2.24, 2.45) is 0 Å². The number of piperazine rings is 1. The molecular formula is C18H22N2O5. The maximum absolute atomic E-state index is 12.7. The van der Waals surface area contributed by atoms with Crippen LogP contribution in [0, 0.1) is 0 Å². The monoisotopic (exact) mass is 346 g/mol. The molecular weight excluding hydrogens is 324 g/mol. The number of amides is 2. The Morgan fingerprint density at radius 1 is 0.920 bits per heavy atom. The predicted molar refractivity (Wildman–Crippen MR) is 88.5 cm³/mol. The standard InChI is InChI=1S/C18H22N2O5/c21-17(15-6-3-11-23-15)19-7-9-20(10-8-19)18(22)16-12-24-13-4-1-2-5-14(13)25-16/h1-2,4-5,15-16H,3,6-12H2/t15-,16+/m0/s1. The van der Waals surface area contributed by atoms with E-state index >= 15 is 0 Å². The molecule has 0 radical (unpaired) electrons. The highest BCUT2D eigenvalue weighted by molar-refractivity contribution is 5.83. The number of para-hydroxylation sites is 2. The third-order valence-electron chi connectivity index (χ3n) is 4.89. The number of benzene rings is 1. The molecule has 0 bridgehead atoms. The first kappa shape index (κ1) is 16.2. The summed E-state index contributed by atoms with van der Waals surface area (Å²) in [6, 6.07) is 7.34. The van der Waals surface area contributed by atoms with Crippen LogP contribution < -0.4 is 9.47 Å². The summed E-state index contributed by atoms with van der Waals surface area (Å²) >= 11 is 0. The SMILES string of the molecule is O=C([C@@H]1CCCO1)N1CCN(C(=O)[C@H]2COc3ccccc3O2)CC1. The number of rotatable bonds is 2. The summed E-state index contributed by atoms with van der Waals surface area (Å²) in [5, 5.41) is 0. The van der Waals surface area contributed by atoms with Crippen molar-refractivity contribution >= 4 is 11.8 Å². The summed E-state index contributed by atoms with van der Waals surface area (Å²) in [4.78, 5) is 28.6. The summed E-state index contributed by atoms with van der Waals surface area (Å²) < 4.78 is 16.9. The highest BCUT2D eigenvalue weighted by Crippen LogP contribution is 2.31. The first-order valence-corrected chi connectivity index (χ1v) is 8.80. The number of carbonyl (C=O) groups excluding carboxylic acids is 2. The molecule has 7 heteroatoms. The first-order chi connectivity index (χ1) is 12.2. The zero-order valence-electron chi connectivity index (χ0n) is 14.1. The Morgan fingerprint density at radius 3 is 2.20 bits per heavy atom. The lowest BCUT2D eigenvalue weighted by molar-refractivity contribution is -0.149. The van der Waals surface area contributed by atoms with Crippen molar-refractivity contribution in [1.29, 1.82) is 0 Å². The molecule has 0 saturated carbocycles. The van der Waals surface area contributed by atoms with Gasteiger partial charge in [-0.15, -0.1) is 0 Å². The van der Waals surface area contributed by atoms with Gasteiger partial charge in [0.15, 0.2) is 11.5 Å². The largest absolute Gasteiger partial charge is 0.485 e. The number of ether oxygens (including phenoxy) is 3. The molecule has 2 amide bonds. The van der Waals surface area contributed by atoms with E-state index in [1.165, 1.54) is 0 Å². The summed E-state index contributed by atoms with van der Waals surface area (Å²) in [5.74, 6) is 1.23. The first-order valence-electron chi connectivity index (χ1n) is 8.80. The molecule has 25 heavy (non-hydrogen) atoms. The molecule has 134 valence electrons. The van der Waals surface area contributed by atoms with Crippen molar-refractivity contribution < 1.29 is 23.8 Å². The molecule has 4 rings (SSSR count). The van der Waals surface area contributed by atoms with Gasteiger partial charge in [-0.25, -0.2) is 0 Å². The van der Waals surface area contributed by atoms with Crippen molar-refractivity contribution in [2.45, 2.75) is 25.0 Å². The lowest BCUT2D eigenvalue weighted by Crippen LogP contribution is -2.56. The lowest BCUT2D eigenvalue weighted by atomic mass is 10.2. The fraction of sp³-hybridized carbons (Fsp3) is 0.556. The fourth-order valence-electron chi connectivity index (χ4n) is 3.47. The van der Waals surface area contributed by atoms with Crippen LogP contribution in [0.2, 0.25) is 0 Å². The average Bonchev–Trinajstić information content (AvgIpc) is 3.21. The van der Waals surface area contributed by atoms with Crippen LogP contribution in [0.25, 0.3) is 0 Å². The maximum Gasteiger partial charge on any atom is 0.267 e. The lowest BCUT2D eigenvalue weighted by Gasteiger charge is -2.37. The van der Waals surface area contributed by atoms with Crippen LogP contribution in [0.1, 0.15) is 12.8 Å². The van der Waals surface area contributed by atoms with E-state index in [9.17, 15) is 9.59 Å². The average molecular weight is 346 g/mol. The Bertz CT molecular complexity index is 651. The van der Waals surface area contributed by atoms with Gasteiger partial charge < -0.3 is 24.0 Å². The molecule has 0 aromatic heterocycles. The van der Waals surface area contributed by atoms with Gasteiger partial charge in [-0.05, 0) is 25.0 Å². The second kappa shape index (κ2) is 6.92. The number of carbonyl (C=O) groups is 2. The predicted octanol–water partition coefficient (Wildman–Crippen LogP) is 0.676. The Hall–Kier alpha value is -2.28. The van der Waals surface area contributed by atoms with Crippen molar-refractivity contribution in [3.8, 4) is 11.5 Å². The third-order valence-corrected chi connectivity index (χ3v) is 4.89. The molecule has 1 aromatic carbocycles. The van der Waals surface area contributed by atoms with Gasteiger partial charge >= 0.3 is 0 Å². The minimum absolute atomic E-state index is 0.0516. The topological polar surface area (TPSA) is 68.3 Å². The Kier molecular flexibility index (Phi) is 4.48. The molecule has 3 aliphatic rings. The van der Waals surface area contributed by atoms with Crippen LogP contribution in [0.3, 0.4) is 0 Å². The smallest absolute Gasteiger partial charge is 0.267 e.